The van der Waals surface area contributed by atoms with Gasteiger partial charge in [0.15, 0.2) is 0 Å². The van der Waals surface area contributed by atoms with Gasteiger partial charge in [0, 0.05) is 7.11 Å². The van der Waals surface area contributed by atoms with E-state index in [0.717, 1.165) is 10.7 Å². The van der Waals surface area contributed by atoms with Crippen molar-refractivity contribution in [3.05, 3.63) is 11.8 Å². The van der Waals surface area contributed by atoms with Gasteiger partial charge in [0.05, 0.1) is 32.1 Å². The number of carbonyl (C=O) groups excluding carboxylic acids is 1. The van der Waals surface area contributed by atoms with Crippen molar-refractivity contribution in [1.82, 2.24) is 4.37 Å². The van der Waals surface area contributed by atoms with Gasteiger partial charge in [-0.15, -0.1) is 0 Å². The highest BCUT2D eigenvalue weighted by molar-refractivity contribution is 7.10. The summed E-state index contributed by atoms with van der Waals surface area (Å²) in [6.07, 6.45) is 0. The Bertz CT molecular complexity index is 357. The van der Waals surface area contributed by atoms with Crippen LogP contribution in [0.25, 0.3) is 0 Å². The minimum absolute atomic E-state index is 0.0184. The molecule has 0 aliphatic rings. The molecule has 0 atom stereocenters. The standard InChI is InChI=1S/C11H18N2O4S/c1-9-7-11(18-13-9)12-10(14)8-17-6-5-16-4-3-15-2/h7H,3-6,8H2,1-2H3,(H,12,14). The van der Waals surface area contributed by atoms with Crippen molar-refractivity contribution in [2.45, 2.75) is 6.92 Å². The highest BCUT2D eigenvalue weighted by Gasteiger charge is 2.04. The van der Waals surface area contributed by atoms with Crippen LogP contribution in [-0.4, -0.2) is 50.4 Å². The monoisotopic (exact) mass is 274 g/mol. The van der Waals surface area contributed by atoms with E-state index in [1.165, 1.54) is 11.5 Å². The zero-order valence-electron chi connectivity index (χ0n) is 10.6. The van der Waals surface area contributed by atoms with Gasteiger partial charge >= 0.3 is 0 Å². The fraction of sp³-hybridized carbons (Fsp3) is 0.636. The lowest BCUT2D eigenvalue weighted by Gasteiger charge is -2.05. The number of hydrogen-bond donors (Lipinski definition) is 1. The average molecular weight is 274 g/mol. The maximum absolute atomic E-state index is 11.4. The van der Waals surface area contributed by atoms with Crippen LogP contribution in [0.5, 0.6) is 0 Å². The van der Waals surface area contributed by atoms with Gasteiger partial charge in [0.1, 0.15) is 11.6 Å². The second kappa shape index (κ2) is 8.98. The molecule has 0 bridgehead atoms. The van der Waals surface area contributed by atoms with E-state index in [-0.39, 0.29) is 12.5 Å². The van der Waals surface area contributed by atoms with Crippen molar-refractivity contribution in [3.63, 3.8) is 0 Å². The molecule has 18 heavy (non-hydrogen) atoms. The number of nitrogens with zero attached hydrogens (tertiary/aromatic N) is 1. The number of aryl methyl sites for hydroxylation is 1. The molecule has 0 spiro atoms. The minimum Gasteiger partial charge on any atom is -0.382 e. The van der Waals surface area contributed by atoms with Gasteiger partial charge in [0.2, 0.25) is 0 Å². The fourth-order valence-corrected chi connectivity index (χ4v) is 1.80. The lowest BCUT2D eigenvalue weighted by Crippen LogP contribution is -2.19. The smallest absolute Gasteiger partial charge is 0.251 e. The van der Waals surface area contributed by atoms with Crippen LogP contribution in [0, 0.1) is 6.92 Å². The Morgan fingerprint density at radius 3 is 2.72 bits per heavy atom. The van der Waals surface area contributed by atoms with E-state index in [2.05, 4.69) is 9.69 Å². The summed E-state index contributed by atoms with van der Waals surface area (Å²) < 4.78 is 19.2. The molecule has 1 rings (SSSR count). The van der Waals surface area contributed by atoms with Gasteiger partial charge in [0.25, 0.3) is 5.91 Å². The molecular weight excluding hydrogens is 256 g/mol. The molecular formula is C11H18N2O4S. The molecule has 0 saturated carbocycles. The molecule has 1 aromatic heterocycles. The predicted molar refractivity (Wildman–Crippen MR) is 69.0 cm³/mol. The molecule has 0 fully saturated rings. The molecule has 0 radical (unpaired) electrons. The third-order valence-corrected chi connectivity index (χ3v) is 2.72. The van der Waals surface area contributed by atoms with E-state index in [1.54, 1.807) is 7.11 Å². The van der Waals surface area contributed by atoms with Crippen LogP contribution in [0.3, 0.4) is 0 Å². The van der Waals surface area contributed by atoms with Crippen molar-refractivity contribution < 1.29 is 19.0 Å². The van der Waals surface area contributed by atoms with Gasteiger partial charge in [-0.25, -0.2) is 0 Å². The highest BCUT2D eigenvalue weighted by Crippen LogP contribution is 2.14. The zero-order valence-corrected chi connectivity index (χ0v) is 11.4. The Morgan fingerprint density at radius 1 is 1.33 bits per heavy atom. The summed E-state index contributed by atoms with van der Waals surface area (Å²) in [6.45, 7) is 3.83. The summed E-state index contributed by atoms with van der Waals surface area (Å²) in [5, 5.41) is 3.44. The van der Waals surface area contributed by atoms with Crippen LogP contribution < -0.4 is 5.32 Å². The van der Waals surface area contributed by atoms with Crippen LogP contribution >= 0.6 is 11.5 Å². The SMILES string of the molecule is COCCOCCOCC(=O)Nc1cc(C)ns1. The summed E-state index contributed by atoms with van der Waals surface area (Å²) >= 11 is 1.25. The van der Waals surface area contributed by atoms with Crippen molar-refractivity contribution in [3.8, 4) is 0 Å². The molecule has 0 aromatic carbocycles. The second-order valence-corrected chi connectivity index (χ2v) is 4.34. The minimum atomic E-state index is -0.185. The first-order chi connectivity index (χ1) is 8.72. The Morgan fingerprint density at radius 2 is 2.06 bits per heavy atom. The molecule has 0 unspecified atom stereocenters. The number of anilines is 1. The van der Waals surface area contributed by atoms with Crippen LogP contribution in [0.1, 0.15) is 5.69 Å². The number of methoxy groups -OCH3 is 1. The lowest BCUT2D eigenvalue weighted by atomic mass is 10.5. The van der Waals surface area contributed by atoms with Gasteiger partial charge in [-0.05, 0) is 24.5 Å². The Hall–Kier alpha value is -1.02. The predicted octanol–water partition coefficient (Wildman–Crippen LogP) is 1.07. The number of hydrogen-bond acceptors (Lipinski definition) is 6. The molecule has 7 heteroatoms. The number of rotatable bonds is 9. The van der Waals surface area contributed by atoms with Gasteiger partial charge in [-0.1, -0.05) is 0 Å². The first-order valence-electron chi connectivity index (χ1n) is 5.60. The molecule has 0 aliphatic heterocycles. The van der Waals surface area contributed by atoms with E-state index >= 15 is 0 Å². The molecule has 0 aliphatic carbocycles. The zero-order chi connectivity index (χ0) is 13.2. The second-order valence-electron chi connectivity index (χ2n) is 3.54. The molecule has 1 N–H and O–H groups in total. The maximum Gasteiger partial charge on any atom is 0.251 e. The molecule has 1 amide bonds. The van der Waals surface area contributed by atoms with Crippen molar-refractivity contribution >= 4 is 22.4 Å². The van der Waals surface area contributed by atoms with E-state index in [0.29, 0.717) is 26.4 Å². The molecule has 1 heterocycles. The summed E-state index contributed by atoms with van der Waals surface area (Å²) in [4.78, 5) is 11.4. The maximum atomic E-state index is 11.4. The fourth-order valence-electron chi connectivity index (χ4n) is 1.12. The van der Waals surface area contributed by atoms with Crippen LogP contribution in [-0.2, 0) is 19.0 Å². The highest BCUT2D eigenvalue weighted by atomic mass is 32.1. The van der Waals surface area contributed by atoms with E-state index < -0.39 is 0 Å². The summed E-state index contributed by atoms with van der Waals surface area (Å²) in [7, 11) is 1.62. The number of carbonyl (C=O) groups is 1. The summed E-state index contributed by atoms with van der Waals surface area (Å²) in [5.41, 5.74) is 0.891. The van der Waals surface area contributed by atoms with Gasteiger partial charge in [-0.3, -0.25) is 4.79 Å². The number of amides is 1. The van der Waals surface area contributed by atoms with Crippen LogP contribution in [0.2, 0.25) is 0 Å². The Kier molecular flexibility index (Phi) is 7.51. The first-order valence-corrected chi connectivity index (χ1v) is 6.37. The van der Waals surface area contributed by atoms with Crippen molar-refractivity contribution in [1.29, 1.82) is 0 Å². The van der Waals surface area contributed by atoms with Gasteiger partial charge in [-0.2, -0.15) is 4.37 Å². The molecule has 6 nitrogen and oxygen atoms in total. The number of aromatic nitrogens is 1. The molecule has 102 valence electrons. The summed E-state index contributed by atoms with van der Waals surface area (Å²) in [5.74, 6) is -0.185. The first kappa shape index (κ1) is 15.0. The third-order valence-electron chi connectivity index (χ3n) is 1.93. The van der Waals surface area contributed by atoms with E-state index in [9.17, 15) is 4.79 Å². The van der Waals surface area contributed by atoms with E-state index in [1.807, 2.05) is 13.0 Å². The summed E-state index contributed by atoms with van der Waals surface area (Å²) in [6, 6.07) is 1.82. The average Bonchev–Trinajstić information content (AvgIpc) is 2.73. The number of nitrogens with one attached hydrogen (secondary N) is 1. The van der Waals surface area contributed by atoms with Crippen LogP contribution in [0.4, 0.5) is 5.00 Å². The normalized spacial score (nSPS) is 10.6. The third kappa shape index (κ3) is 6.65. The van der Waals surface area contributed by atoms with E-state index in [4.69, 9.17) is 14.2 Å². The van der Waals surface area contributed by atoms with Crippen molar-refractivity contribution in [2.24, 2.45) is 0 Å². The Balaban J connectivity index is 2.00. The molecule has 0 saturated heterocycles. The topological polar surface area (TPSA) is 69.7 Å². The van der Waals surface area contributed by atoms with Gasteiger partial charge < -0.3 is 19.5 Å². The molecule has 1 aromatic rings. The number of ether oxygens (including phenoxy) is 3. The Labute approximate surface area is 110 Å². The van der Waals surface area contributed by atoms with Crippen molar-refractivity contribution in [2.75, 3.05) is 45.5 Å². The lowest BCUT2D eigenvalue weighted by molar-refractivity contribution is -0.121. The van der Waals surface area contributed by atoms with Crippen LogP contribution in [0.15, 0.2) is 6.07 Å². The largest absolute Gasteiger partial charge is 0.382 e. The quantitative estimate of drug-likeness (QED) is 0.682.